The van der Waals surface area contributed by atoms with Gasteiger partial charge in [-0.2, -0.15) is 0 Å². The summed E-state index contributed by atoms with van der Waals surface area (Å²) in [5.74, 6) is 0. The highest BCUT2D eigenvalue weighted by Crippen LogP contribution is 2.31. The molecule has 0 saturated carbocycles. The van der Waals surface area contributed by atoms with Crippen LogP contribution in [0.25, 0.3) is 22.3 Å². The van der Waals surface area contributed by atoms with E-state index in [9.17, 15) is 0 Å². The van der Waals surface area contributed by atoms with Gasteiger partial charge in [0.2, 0.25) is 0 Å². The second kappa shape index (κ2) is 9.68. The van der Waals surface area contributed by atoms with E-state index in [0.717, 1.165) is 22.7 Å². The molecule has 0 amide bonds. The van der Waals surface area contributed by atoms with Crippen molar-refractivity contribution in [2.45, 2.75) is 0 Å². The summed E-state index contributed by atoms with van der Waals surface area (Å²) in [7, 11) is 4.22. The molecule has 5 rings (SSSR count). The third-order valence-electron chi connectivity index (χ3n) is 6.35. The predicted octanol–water partition coefficient (Wildman–Crippen LogP) is 8.56. The van der Waals surface area contributed by atoms with Gasteiger partial charge < -0.3 is 9.80 Å². The summed E-state index contributed by atoms with van der Waals surface area (Å²) >= 11 is 0. The second-order valence-electron chi connectivity index (χ2n) is 8.46. The Morgan fingerprint density at radius 3 is 0.824 bits per heavy atom. The van der Waals surface area contributed by atoms with Crippen LogP contribution in [0.15, 0.2) is 133 Å². The lowest BCUT2D eigenvalue weighted by molar-refractivity contribution is 1.18. The summed E-state index contributed by atoms with van der Waals surface area (Å²) in [6, 6.07) is 47.1. The molecule has 5 aromatic carbocycles. The Morgan fingerprint density at radius 1 is 0.294 bits per heavy atom. The van der Waals surface area contributed by atoms with Crippen LogP contribution >= 0.6 is 0 Å². The summed E-state index contributed by atoms with van der Waals surface area (Å²) < 4.78 is 0. The number of hydrogen-bond acceptors (Lipinski definition) is 2. The number of rotatable bonds is 6. The van der Waals surface area contributed by atoms with Crippen LogP contribution in [0.2, 0.25) is 0 Å². The number of nitrogens with zero attached hydrogens (tertiary/aromatic N) is 2. The fourth-order valence-electron chi connectivity index (χ4n) is 4.21. The maximum Gasteiger partial charge on any atom is 0.0409 e. The average molecular weight is 441 g/mol. The van der Waals surface area contributed by atoms with Gasteiger partial charge in [-0.1, -0.05) is 84.9 Å². The monoisotopic (exact) mass is 440 g/mol. The molecule has 0 bridgehead atoms. The van der Waals surface area contributed by atoms with Crippen molar-refractivity contribution in [3.8, 4) is 22.3 Å². The molecule has 34 heavy (non-hydrogen) atoms. The summed E-state index contributed by atoms with van der Waals surface area (Å²) in [5, 5.41) is 0. The zero-order valence-corrected chi connectivity index (χ0v) is 19.6. The van der Waals surface area contributed by atoms with Crippen molar-refractivity contribution in [1.82, 2.24) is 0 Å². The first-order valence-electron chi connectivity index (χ1n) is 11.6. The molecular formula is C32H28N2. The zero-order chi connectivity index (χ0) is 23.3. The standard InChI is InChI=1S/C32H28N2/c1-33(29-17-13-27(14-18-29)25-9-5-3-6-10-25)31-21-23-32(24-22-31)34(2)30-19-15-28(16-20-30)26-11-7-4-8-12-26/h3-24H,1-2H3. The highest BCUT2D eigenvalue weighted by molar-refractivity contribution is 5.73. The molecule has 0 saturated heterocycles. The number of anilines is 4. The van der Waals surface area contributed by atoms with E-state index in [1.165, 1.54) is 22.3 Å². The smallest absolute Gasteiger partial charge is 0.0409 e. The van der Waals surface area contributed by atoms with Crippen LogP contribution < -0.4 is 9.80 Å². The van der Waals surface area contributed by atoms with Crippen LogP contribution in [-0.2, 0) is 0 Å². The maximum absolute atomic E-state index is 2.22. The first-order valence-corrected chi connectivity index (χ1v) is 11.6. The quantitative estimate of drug-likeness (QED) is 0.261. The Morgan fingerprint density at radius 2 is 0.529 bits per heavy atom. The Kier molecular flexibility index (Phi) is 6.13. The van der Waals surface area contributed by atoms with E-state index in [4.69, 9.17) is 0 Å². The molecule has 0 aliphatic carbocycles. The van der Waals surface area contributed by atoms with Gasteiger partial charge in [-0.25, -0.2) is 0 Å². The van der Waals surface area contributed by atoms with Gasteiger partial charge in [-0.3, -0.25) is 0 Å². The fraction of sp³-hybridized carbons (Fsp3) is 0.0625. The summed E-state index contributed by atoms with van der Waals surface area (Å²) in [6.07, 6.45) is 0. The Bertz CT molecular complexity index is 1220. The lowest BCUT2D eigenvalue weighted by Crippen LogP contribution is -2.11. The predicted molar refractivity (Wildman–Crippen MR) is 146 cm³/mol. The lowest BCUT2D eigenvalue weighted by Gasteiger charge is -2.23. The first-order chi connectivity index (χ1) is 16.7. The molecule has 0 radical (unpaired) electrons. The topological polar surface area (TPSA) is 6.48 Å². The minimum atomic E-state index is 1.16. The van der Waals surface area contributed by atoms with Crippen molar-refractivity contribution in [2.24, 2.45) is 0 Å². The second-order valence-corrected chi connectivity index (χ2v) is 8.46. The molecule has 0 fully saturated rings. The van der Waals surface area contributed by atoms with Gasteiger partial charge >= 0.3 is 0 Å². The number of benzene rings is 5. The molecule has 2 heteroatoms. The van der Waals surface area contributed by atoms with Crippen molar-refractivity contribution < 1.29 is 0 Å². The lowest BCUT2D eigenvalue weighted by atomic mass is 10.1. The molecular weight excluding hydrogens is 412 g/mol. The van der Waals surface area contributed by atoms with Gasteiger partial charge in [-0.05, 0) is 70.8 Å². The van der Waals surface area contributed by atoms with E-state index in [-0.39, 0.29) is 0 Å². The van der Waals surface area contributed by atoms with Crippen molar-refractivity contribution in [2.75, 3.05) is 23.9 Å². The number of hydrogen-bond donors (Lipinski definition) is 0. The third kappa shape index (κ3) is 4.57. The first kappa shape index (κ1) is 21.5. The molecule has 0 aliphatic rings. The molecule has 0 spiro atoms. The molecule has 0 aromatic heterocycles. The zero-order valence-electron chi connectivity index (χ0n) is 19.6. The van der Waals surface area contributed by atoms with Crippen molar-refractivity contribution in [1.29, 1.82) is 0 Å². The van der Waals surface area contributed by atoms with Crippen LogP contribution in [-0.4, -0.2) is 14.1 Å². The Hall–Kier alpha value is -4.30. The summed E-state index contributed by atoms with van der Waals surface area (Å²) in [6.45, 7) is 0. The van der Waals surface area contributed by atoms with E-state index in [2.05, 4.69) is 145 Å². The van der Waals surface area contributed by atoms with Crippen LogP contribution in [0.1, 0.15) is 0 Å². The third-order valence-corrected chi connectivity index (χ3v) is 6.35. The van der Waals surface area contributed by atoms with Gasteiger partial charge in [0.25, 0.3) is 0 Å². The van der Waals surface area contributed by atoms with E-state index in [1.54, 1.807) is 0 Å². The molecule has 0 atom stereocenters. The van der Waals surface area contributed by atoms with E-state index in [0.29, 0.717) is 0 Å². The van der Waals surface area contributed by atoms with E-state index >= 15 is 0 Å². The van der Waals surface area contributed by atoms with Crippen molar-refractivity contribution in [3.05, 3.63) is 133 Å². The van der Waals surface area contributed by atoms with Gasteiger partial charge in [-0.15, -0.1) is 0 Å². The Labute approximate surface area is 202 Å². The van der Waals surface area contributed by atoms with Crippen LogP contribution in [0, 0.1) is 0 Å². The van der Waals surface area contributed by atoms with Crippen LogP contribution in [0.3, 0.4) is 0 Å². The summed E-state index contributed by atoms with van der Waals surface area (Å²) in [4.78, 5) is 4.43. The van der Waals surface area contributed by atoms with Crippen molar-refractivity contribution in [3.63, 3.8) is 0 Å². The average Bonchev–Trinajstić information content (AvgIpc) is 2.93. The van der Waals surface area contributed by atoms with Gasteiger partial charge in [0.05, 0.1) is 0 Å². The molecule has 5 aromatic rings. The van der Waals surface area contributed by atoms with Gasteiger partial charge in [0.15, 0.2) is 0 Å². The molecule has 2 nitrogen and oxygen atoms in total. The van der Waals surface area contributed by atoms with Gasteiger partial charge in [0, 0.05) is 36.8 Å². The highest BCUT2D eigenvalue weighted by Gasteiger charge is 2.08. The molecule has 0 N–H and O–H groups in total. The molecule has 0 unspecified atom stereocenters. The molecule has 0 heterocycles. The SMILES string of the molecule is CN(c1ccc(-c2ccccc2)cc1)c1ccc(N(C)c2ccc(-c3ccccc3)cc2)cc1. The largest absolute Gasteiger partial charge is 0.345 e. The fourth-order valence-corrected chi connectivity index (χ4v) is 4.21. The van der Waals surface area contributed by atoms with Crippen molar-refractivity contribution >= 4 is 22.7 Å². The summed E-state index contributed by atoms with van der Waals surface area (Å²) in [5.41, 5.74) is 9.57. The minimum absolute atomic E-state index is 1.16. The van der Waals surface area contributed by atoms with Crippen LogP contribution in [0.5, 0.6) is 0 Å². The Balaban J connectivity index is 1.29. The maximum atomic E-state index is 2.22. The van der Waals surface area contributed by atoms with E-state index in [1.807, 2.05) is 12.1 Å². The van der Waals surface area contributed by atoms with Gasteiger partial charge in [0.1, 0.15) is 0 Å². The van der Waals surface area contributed by atoms with Crippen LogP contribution in [0.4, 0.5) is 22.7 Å². The van der Waals surface area contributed by atoms with E-state index < -0.39 is 0 Å². The molecule has 0 aliphatic heterocycles. The normalized spacial score (nSPS) is 10.6. The highest BCUT2D eigenvalue weighted by atomic mass is 15.1. The molecule has 166 valence electrons. The minimum Gasteiger partial charge on any atom is -0.345 e.